The molecule has 142 valence electrons. The topological polar surface area (TPSA) is 23.5 Å². The van der Waals surface area contributed by atoms with Gasteiger partial charge in [-0.2, -0.15) is 0 Å². The Morgan fingerprint density at radius 1 is 1.00 bits per heavy atom. The van der Waals surface area contributed by atoms with Crippen molar-refractivity contribution < 1.29 is 13.9 Å². The minimum Gasteiger partial charge on any atom is -0.378 e. The van der Waals surface area contributed by atoms with Crippen LogP contribution in [0.5, 0.6) is 0 Å². The van der Waals surface area contributed by atoms with E-state index in [0.29, 0.717) is 30.4 Å². The predicted octanol–water partition coefficient (Wildman–Crippen LogP) is 4.34. The van der Waals surface area contributed by atoms with Gasteiger partial charge in [-0.25, -0.2) is 8.78 Å². The van der Waals surface area contributed by atoms with Gasteiger partial charge in [-0.1, -0.05) is 42.3 Å². The van der Waals surface area contributed by atoms with E-state index in [9.17, 15) is 13.9 Å². The van der Waals surface area contributed by atoms with Crippen LogP contribution in [0.3, 0.4) is 0 Å². The summed E-state index contributed by atoms with van der Waals surface area (Å²) in [6, 6.07) is 13.2. The van der Waals surface area contributed by atoms with Crippen molar-refractivity contribution in [3.63, 3.8) is 0 Å². The average molecular weight is 369 g/mol. The van der Waals surface area contributed by atoms with Crippen LogP contribution in [-0.2, 0) is 0 Å². The maximum Gasteiger partial charge on any atom is 0.127 e. The zero-order valence-electron chi connectivity index (χ0n) is 15.4. The third-order valence-electron chi connectivity index (χ3n) is 5.48. The Balaban J connectivity index is 1.68. The van der Waals surface area contributed by atoms with Gasteiger partial charge in [-0.3, -0.25) is 0 Å². The normalized spacial score (nSPS) is 17.0. The summed E-state index contributed by atoms with van der Waals surface area (Å²) in [7, 11) is 0. The molecule has 1 fully saturated rings. The molecule has 1 N–H and O–H groups in total. The lowest BCUT2D eigenvalue weighted by atomic mass is 9.86. The number of nitrogens with zero attached hydrogens (tertiary/aromatic N) is 1. The highest BCUT2D eigenvalue weighted by Crippen LogP contribution is 2.33. The van der Waals surface area contributed by atoms with Gasteiger partial charge >= 0.3 is 0 Å². The number of aliphatic hydroxyl groups is 1. The van der Waals surface area contributed by atoms with E-state index in [-0.39, 0.29) is 17.6 Å². The molecule has 1 aliphatic rings. The Morgan fingerprint density at radius 2 is 1.52 bits per heavy atom. The van der Waals surface area contributed by atoms with Crippen LogP contribution in [0, 0.1) is 24.0 Å². The molecular formula is C23H25F2NO. The summed E-state index contributed by atoms with van der Waals surface area (Å²) in [5.41, 5.74) is 0.0743. The van der Waals surface area contributed by atoms with Crippen LogP contribution in [0.15, 0.2) is 48.5 Å². The van der Waals surface area contributed by atoms with Crippen molar-refractivity contribution in [1.82, 2.24) is 4.90 Å². The Kier molecular flexibility index (Phi) is 6.26. The summed E-state index contributed by atoms with van der Waals surface area (Å²) >= 11 is 0. The molecule has 1 saturated heterocycles. The summed E-state index contributed by atoms with van der Waals surface area (Å²) < 4.78 is 28.8. The van der Waals surface area contributed by atoms with Gasteiger partial charge in [0.1, 0.15) is 17.2 Å². The molecule has 3 rings (SSSR count). The summed E-state index contributed by atoms with van der Waals surface area (Å²) in [4.78, 5) is 2.26. The highest BCUT2D eigenvalue weighted by atomic mass is 19.1. The standard InChI is InChI=1S/C23H25F2NO/c1-2-23(27)13-16-26(17-14-23)15-7-10-18(19-8-3-5-11-21(19)24)20-9-4-6-12-22(20)25/h1,3-6,8-9,11-12,18,27H,7,10,13-17H2. The first kappa shape index (κ1) is 19.5. The van der Waals surface area contributed by atoms with Crippen molar-refractivity contribution in [3.8, 4) is 12.3 Å². The number of rotatable bonds is 6. The molecule has 0 aromatic heterocycles. The Hall–Kier alpha value is -2.22. The minimum absolute atomic E-state index is 0.303. The highest BCUT2D eigenvalue weighted by Gasteiger charge is 2.30. The van der Waals surface area contributed by atoms with Crippen LogP contribution in [0.2, 0.25) is 0 Å². The molecule has 2 aromatic rings. The van der Waals surface area contributed by atoms with Crippen LogP contribution in [0.4, 0.5) is 8.78 Å². The summed E-state index contributed by atoms with van der Waals surface area (Å²) in [6.45, 7) is 2.30. The Morgan fingerprint density at radius 3 is 2.00 bits per heavy atom. The van der Waals surface area contributed by atoms with E-state index >= 15 is 0 Å². The molecule has 0 unspecified atom stereocenters. The number of terminal acetylenes is 1. The van der Waals surface area contributed by atoms with Crippen LogP contribution in [0.25, 0.3) is 0 Å². The maximum atomic E-state index is 14.4. The van der Waals surface area contributed by atoms with E-state index in [1.54, 1.807) is 36.4 Å². The summed E-state index contributed by atoms with van der Waals surface area (Å²) in [5, 5.41) is 10.1. The molecule has 0 amide bonds. The van der Waals surface area contributed by atoms with Crippen molar-refractivity contribution in [1.29, 1.82) is 0 Å². The smallest absolute Gasteiger partial charge is 0.127 e. The number of hydrogen-bond acceptors (Lipinski definition) is 2. The fourth-order valence-corrected chi connectivity index (χ4v) is 3.80. The molecule has 0 spiro atoms. The molecule has 1 aliphatic heterocycles. The third kappa shape index (κ3) is 4.74. The van der Waals surface area contributed by atoms with Gasteiger partial charge in [-0.15, -0.1) is 6.42 Å². The van der Waals surface area contributed by atoms with Gasteiger partial charge in [0.25, 0.3) is 0 Å². The van der Waals surface area contributed by atoms with Crippen molar-refractivity contribution in [2.24, 2.45) is 0 Å². The Labute approximate surface area is 159 Å². The molecular weight excluding hydrogens is 344 g/mol. The minimum atomic E-state index is -0.987. The number of likely N-dealkylation sites (tertiary alicyclic amines) is 1. The maximum absolute atomic E-state index is 14.4. The number of halogens is 2. The first-order valence-electron chi connectivity index (χ1n) is 9.44. The molecule has 0 aliphatic carbocycles. The van der Waals surface area contributed by atoms with E-state index in [2.05, 4.69) is 10.8 Å². The summed E-state index contributed by atoms with van der Waals surface area (Å²) in [6.07, 6.45) is 7.97. The quantitative estimate of drug-likeness (QED) is 0.766. The zero-order chi connectivity index (χ0) is 19.3. The van der Waals surface area contributed by atoms with E-state index in [0.717, 1.165) is 26.1 Å². The van der Waals surface area contributed by atoms with Crippen LogP contribution < -0.4 is 0 Å². The van der Waals surface area contributed by atoms with Crippen LogP contribution in [0.1, 0.15) is 42.7 Å². The van der Waals surface area contributed by atoms with Crippen molar-refractivity contribution in [2.75, 3.05) is 19.6 Å². The molecule has 2 aromatic carbocycles. The van der Waals surface area contributed by atoms with Gasteiger partial charge < -0.3 is 10.0 Å². The van der Waals surface area contributed by atoms with E-state index < -0.39 is 5.60 Å². The molecule has 2 nitrogen and oxygen atoms in total. The number of hydrogen-bond donors (Lipinski definition) is 1. The van der Waals surface area contributed by atoms with Gasteiger partial charge in [0.05, 0.1) is 0 Å². The van der Waals surface area contributed by atoms with Crippen molar-refractivity contribution in [2.45, 2.75) is 37.2 Å². The molecule has 1 heterocycles. The molecule has 0 bridgehead atoms. The predicted molar refractivity (Wildman–Crippen MR) is 103 cm³/mol. The monoisotopic (exact) mass is 369 g/mol. The van der Waals surface area contributed by atoms with Crippen LogP contribution in [-0.4, -0.2) is 35.2 Å². The lowest BCUT2D eigenvalue weighted by molar-refractivity contribution is 0.0268. The lowest BCUT2D eigenvalue weighted by Gasteiger charge is -2.35. The number of piperidine rings is 1. The van der Waals surface area contributed by atoms with Crippen molar-refractivity contribution in [3.05, 3.63) is 71.3 Å². The summed E-state index contributed by atoms with van der Waals surface area (Å²) in [5.74, 6) is 1.55. The molecule has 0 saturated carbocycles. The van der Waals surface area contributed by atoms with E-state index in [1.165, 1.54) is 12.1 Å². The Bertz CT molecular complexity index is 761. The van der Waals surface area contributed by atoms with Crippen molar-refractivity contribution >= 4 is 0 Å². The molecule has 0 radical (unpaired) electrons. The lowest BCUT2D eigenvalue weighted by Crippen LogP contribution is -2.43. The van der Waals surface area contributed by atoms with Gasteiger partial charge in [-0.05, 0) is 42.6 Å². The second-order valence-electron chi connectivity index (χ2n) is 7.26. The third-order valence-corrected chi connectivity index (χ3v) is 5.48. The largest absolute Gasteiger partial charge is 0.378 e. The molecule has 27 heavy (non-hydrogen) atoms. The first-order valence-corrected chi connectivity index (χ1v) is 9.44. The second kappa shape index (κ2) is 8.65. The molecule has 4 heteroatoms. The van der Waals surface area contributed by atoms with Gasteiger partial charge in [0, 0.05) is 31.8 Å². The van der Waals surface area contributed by atoms with E-state index in [4.69, 9.17) is 6.42 Å². The first-order chi connectivity index (χ1) is 13.0. The fraction of sp³-hybridized carbons (Fsp3) is 0.391. The SMILES string of the molecule is C#CC1(O)CCN(CCCC(c2ccccc2F)c2ccccc2F)CC1. The van der Waals surface area contributed by atoms with E-state index in [1.807, 2.05) is 0 Å². The number of benzene rings is 2. The fourth-order valence-electron chi connectivity index (χ4n) is 3.80. The van der Waals surface area contributed by atoms with Gasteiger partial charge in [0.15, 0.2) is 0 Å². The highest BCUT2D eigenvalue weighted by molar-refractivity contribution is 5.34. The average Bonchev–Trinajstić information content (AvgIpc) is 2.68. The van der Waals surface area contributed by atoms with Crippen LogP contribution >= 0.6 is 0 Å². The van der Waals surface area contributed by atoms with Gasteiger partial charge in [0.2, 0.25) is 0 Å². The zero-order valence-corrected chi connectivity index (χ0v) is 15.4. The molecule has 0 atom stereocenters. The second-order valence-corrected chi connectivity index (χ2v) is 7.26.